The highest BCUT2D eigenvalue weighted by atomic mass is 33.1. The molecule has 0 amide bonds. The predicted molar refractivity (Wildman–Crippen MR) is 336 cm³/mol. The van der Waals surface area contributed by atoms with E-state index < -0.39 is 24.4 Å². The Kier molecular flexibility index (Phi) is 52.3. The fourth-order valence-corrected chi connectivity index (χ4v) is 12.9. The fraction of sp³-hybridized carbons (Fsp3) is 0.953. The monoisotopic (exact) mass is 1170 g/mol. The minimum atomic E-state index is -0.606. The van der Waals surface area contributed by atoms with Gasteiger partial charge in [0, 0.05) is 89.7 Å². The van der Waals surface area contributed by atoms with Crippen LogP contribution in [0.4, 0.5) is 0 Å². The van der Waals surface area contributed by atoms with Crippen molar-refractivity contribution in [3.8, 4) is 0 Å². The van der Waals surface area contributed by atoms with Crippen LogP contribution in [0.3, 0.4) is 0 Å². The van der Waals surface area contributed by atoms with E-state index >= 15 is 0 Å². The molecule has 0 spiro atoms. The summed E-state index contributed by atoms with van der Waals surface area (Å²) in [7, 11) is 3.87. The molecule has 1 saturated heterocycles. The van der Waals surface area contributed by atoms with E-state index in [4.69, 9.17) is 14.2 Å². The molecule has 1 aliphatic heterocycles. The summed E-state index contributed by atoms with van der Waals surface area (Å²) in [5.41, 5.74) is 0. The van der Waals surface area contributed by atoms with E-state index in [0.29, 0.717) is 90.7 Å². The molecule has 4 N–H and O–H groups in total. The van der Waals surface area contributed by atoms with Gasteiger partial charge in [-0.15, -0.1) is 0 Å². The SMILES string of the molecule is CCCCCCCCCCC(O)CN(CCCC(=O)OCCN1CCN(CCCCSSCCCCN(CC(O)CCCC(=O)OC(CC)CC)CC(O)CCCC(=O)OC(CC)CC)CC1)CC(O)CCCCCCCCCC. The van der Waals surface area contributed by atoms with Crippen LogP contribution in [-0.4, -0.2) is 191 Å². The van der Waals surface area contributed by atoms with Crippen molar-refractivity contribution in [1.29, 1.82) is 0 Å². The van der Waals surface area contributed by atoms with Crippen molar-refractivity contribution in [2.45, 2.75) is 296 Å². The third-order valence-electron chi connectivity index (χ3n) is 15.9. The number of ether oxygens (including phenoxy) is 3. The van der Waals surface area contributed by atoms with Crippen LogP contribution in [0.1, 0.15) is 260 Å². The Morgan fingerprint density at radius 1 is 0.412 bits per heavy atom. The van der Waals surface area contributed by atoms with E-state index in [1.807, 2.05) is 49.3 Å². The molecule has 1 heterocycles. The number of unbranched alkanes of at least 4 members (excludes halogenated alkanes) is 16. The standard InChI is InChI=1S/C64H126N4O10S2/c1-7-13-15-17-19-21-23-25-34-56(69)52-68(53-57(70)35-26-24-22-20-18-16-14-8-2)43-33-40-62(73)76-49-48-66-46-44-65(45-47-66)41-27-29-50-79-80-51-30-28-42-67(54-58(71)36-31-38-63(74)77-60(9-3)10-4)55-59(72)37-32-39-64(75)78-61(11-5)12-6/h56-61,69-72H,7-55H2,1-6H3. The summed E-state index contributed by atoms with van der Waals surface area (Å²) in [6, 6.07) is 0. The number of carbonyl (C=O) groups excluding carboxylic acids is 3. The van der Waals surface area contributed by atoms with Crippen molar-refractivity contribution in [2.75, 3.05) is 96.6 Å². The number of nitrogens with zero attached hydrogens (tertiary/aromatic N) is 4. The highest BCUT2D eigenvalue weighted by Gasteiger charge is 2.21. The van der Waals surface area contributed by atoms with Gasteiger partial charge in [-0.2, -0.15) is 0 Å². The van der Waals surface area contributed by atoms with Gasteiger partial charge in [-0.1, -0.05) is 166 Å². The molecule has 0 bridgehead atoms. The minimum absolute atomic E-state index is 0.0509. The Labute approximate surface area is 498 Å². The maximum atomic E-state index is 12.8. The van der Waals surface area contributed by atoms with Gasteiger partial charge in [-0.25, -0.2) is 0 Å². The van der Waals surface area contributed by atoms with E-state index in [1.165, 1.54) is 89.9 Å². The van der Waals surface area contributed by atoms with E-state index in [9.17, 15) is 34.8 Å². The van der Waals surface area contributed by atoms with Crippen LogP contribution in [0, 0.1) is 0 Å². The lowest BCUT2D eigenvalue weighted by Crippen LogP contribution is -2.47. The Morgan fingerprint density at radius 2 is 0.762 bits per heavy atom. The van der Waals surface area contributed by atoms with Gasteiger partial charge >= 0.3 is 17.9 Å². The van der Waals surface area contributed by atoms with Gasteiger partial charge in [0.2, 0.25) is 0 Å². The molecule has 0 aromatic heterocycles. The molecule has 14 nitrogen and oxygen atoms in total. The van der Waals surface area contributed by atoms with Crippen LogP contribution in [0.25, 0.3) is 0 Å². The zero-order valence-corrected chi connectivity index (χ0v) is 54.1. The lowest BCUT2D eigenvalue weighted by molar-refractivity contribution is -0.150. The molecule has 1 aliphatic rings. The number of hydrogen-bond acceptors (Lipinski definition) is 16. The molecule has 1 fully saturated rings. The highest BCUT2D eigenvalue weighted by molar-refractivity contribution is 8.76. The third kappa shape index (κ3) is 46.1. The lowest BCUT2D eigenvalue weighted by atomic mass is 10.0. The molecule has 0 saturated carbocycles. The van der Waals surface area contributed by atoms with Gasteiger partial charge in [-0.3, -0.25) is 29.1 Å². The maximum Gasteiger partial charge on any atom is 0.306 e. The summed E-state index contributed by atoms with van der Waals surface area (Å²) in [5.74, 6) is 1.59. The van der Waals surface area contributed by atoms with Crippen molar-refractivity contribution >= 4 is 39.5 Å². The van der Waals surface area contributed by atoms with Crippen LogP contribution in [0.5, 0.6) is 0 Å². The number of aliphatic hydroxyl groups excluding tert-OH is 4. The second-order valence-electron chi connectivity index (χ2n) is 23.4. The summed E-state index contributed by atoms with van der Waals surface area (Å²) in [4.78, 5) is 46.7. The van der Waals surface area contributed by atoms with Crippen molar-refractivity contribution in [3.05, 3.63) is 0 Å². The van der Waals surface area contributed by atoms with Gasteiger partial charge in [0.15, 0.2) is 0 Å². The second-order valence-corrected chi connectivity index (χ2v) is 26.1. The largest absolute Gasteiger partial charge is 0.464 e. The van der Waals surface area contributed by atoms with Crippen LogP contribution in [0.15, 0.2) is 0 Å². The predicted octanol–water partition coefficient (Wildman–Crippen LogP) is 12.8. The molecule has 0 radical (unpaired) electrons. The average Bonchev–Trinajstić information content (AvgIpc) is 3.43. The zero-order valence-electron chi connectivity index (χ0n) is 52.5. The molecule has 0 aliphatic carbocycles. The molecular formula is C64H126N4O10S2. The van der Waals surface area contributed by atoms with Crippen LogP contribution in [0.2, 0.25) is 0 Å². The maximum absolute atomic E-state index is 12.8. The molecule has 80 heavy (non-hydrogen) atoms. The van der Waals surface area contributed by atoms with Gasteiger partial charge in [0.1, 0.15) is 18.8 Å². The first-order chi connectivity index (χ1) is 38.8. The molecule has 16 heteroatoms. The van der Waals surface area contributed by atoms with E-state index in [0.717, 1.165) is 134 Å². The smallest absolute Gasteiger partial charge is 0.306 e. The van der Waals surface area contributed by atoms with Crippen molar-refractivity contribution < 1.29 is 49.0 Å². The number of piperazine rings is 1. The average molecular weight is 1180 g/mol. The highest BCUT2D eigenvalue weighted by Crippen LogP contribution is 2.24. The van der Waals surface area contributed by atoms with E-state index in [-0.39, 0.29) is 30.1 Å². The topological polar surface area (TPSA) is 173 Å². The molecule has 0 aromatic rings. The molecule has 4 atom stereocenters. The van der Waals surface area contributed by atoms with Gasteiger partial charge in [-0.05, 0) is 116 Å². The molecule has 4 unspecified atom stereocenters. The van der Waals surface area contributed by atoms with Crippen LogP contribution >= 0.6 is 21.6 Å². The first-order valence-corrected chi connectivity index (χ1v) is 35.7. The van der Waals surface area contributed by atoms with Gasteiger partial charge in [0.25, 0.3) is 0 Å². The summed E-state index contributed by atoms with van der Waals surface area (Å²) >= 11 is 0. The van der Waals surface area contributed by atoms with Crippen LogP contribution < -0.4 is 0 Å². The van der Waals surface area contributed by atoms with Gasteiger partial charge < -0.3 is 39.5 Å². The quantitative estimate of drug-likeness (QED) is 0.0196. The summed E-state index contributed by atoms with van der Waals surface area (Å²) in [6.07, 6.45) is 30.6. The number of carbonyl (C=O) groups is 3. The van der Waals surface area contributed by atoms with Crippen molar-refractivity contribution in [1.82, 2.24) is 19.6 Å². The van der Waals surface area contributed by atoms with E-state index in [2.05, 4.69) is 33.4 Å². The third-order valence-corrected chi connectivity index (χ3v) is 18.5. The normalized spacial score (nSPS) is 15.1. The Hall–Kier alpha value is -1.21. The second kappa shape index (κ2) is 54.4. The minimum Gasteiger partial charge on any atom is -0.464 e. The fourth-order valence-electron chi connectivity index (χ4n) is 10.6. The molecule has 0 aromatic carbocycles. The molecule has 1 rings (SSSR count). The van der Waals surface area contributed by atoms with Crippen LogP contribution in [-0.2, 0) is 28.6 Å². The van der Waals surface area contributed by atoms with E-state index in [1.54, 1.807) is 0 Å². The van der Waals surface area contributed by atoms with Crippen molar-refractivity contribution in [2.24, 2.45) is 0 Å². The Morgan fingerprint density at radius 3 is 1.18 bits per heavy atom. The summed E-state index contributed by atoms with van der Waals surface area (Å²) in [5, 5.41) is 43.9. The molecular weight excluding hydrogens is 1050 g/mol. The first-order valence-electron chi connectivity index (χ1n) is 33.3. The number of esters is 3. The van der Waals surface area contributed by atoms with Gasteiger partial charge in [0.05, 0.1) is 24.4 Å². The molecule has 474 valence electrons. The summed E-state index contributed by atoms with van der Waals surface area (Å²) < 4.78 is 16.8. The summed E-state index contributed by atoms with van der Waals surface area (Å²) in [6.45, 7) is 22.3. The lowest BCUT2D eigenvalue weighted by Gasteiger charge is -2.34. The number of hydrogen-bond donors (Lipinski definition) is 4. The Bertz CT molecular complexity index is 1340. The number of aliphatic hydroxyl groups is 4. The zero-order chi connectivity index (χ0) is 58.7. The van der Waals surface area contributed by atoms with Crippen molar-refractivity contribution in [3.63, 3.8) is 0 Å². The number of rotatable bonds is 58. The Balaban J connectivity index is 2.35. The first kappa shape index (κ1) is 76.8.